The lowest BCUT2D eigenvalue weighted by Gasteiger charge is -2.21. The molecule has 0 atom stereocenters. The SMILES string of the molecule is CCc1ccc(-c2noc(CN(CCOC)CC(F)(F)F)n2)cc1. The number of aryl methyl sites for hydroxylation is 1. The van der Waals surface area contributed by atoms with Crippen LogP contribution >= 0.6 is 0 Å². The monoisotopic (exact) mass is 343 g/mol. The summed E-state index contributed by atoms with van der Waals surface area (Å²) in [7, 11) is 1.44. The van der Waals surface area contributed by atoms with Crippen molar-refractivity contribution in [3.63, 3.8) is 0 Å². The van der Waals surface area contributed by atoms with E-state index in [-0.39, 0.29) is 25.6 Å². The minimum Gasteiger partial charge on any atom is -0.383 e. The molecule has 8 heteroatoms. The first-order valence-corrected chi connectivity index (χ1v) is 7.61. The first-order chi connectivity index (χ1) is 11.4. The van der Waals surface area contributed by atoms with Gasteiger partial charge in [0.05, 0.1) is 19.7 Å². The third-order valence-electron chi connectivity index (χ3n) is 3.46. The van der Waals surface area contributed by atoms with E-state index in [0.717, 1.165) is 12.0 Å². The van der Waals surface area contributed by atoms with Gasteiger partial charge < -0.3 is 9.26 Å². The Morgan fingerprint density at radius 1 is 1.21 bits per heavy atom. The van der Waals surface area contributed by atoms with Gasteiger partial charge in [-0.05, 0) is 12.0 Å². The van der Waals surface area contributed by atoms with Gasteiger partial charge in [0, 0.05) is 19.2 Å². The fourth-order valence-electron chi connectivity index (χ4n) is 2.21. The normalized spacial score (nSPS) is 12.1. The van der Waals surface area contributed by atoms with Gasteiger partial charge in [-0.1, -0.05) is 36.3 Å². The molecule has 24 heavy (non-hydrogen) atoms. The molecule has 0 bridgehead atoms. The number of methoxy groups -OCH3 is 1. The van der Waals surface area contributed by atoms with Gasteiger partial charge in [-0.25, -0.2) is 0 Å². The van der Waals surface area contributed by atoms with Crippen LogP contribution in [0.2, 0.25) is 0 Å². The van der Waals surface area contributed by atoms with Gasteiger partial charge in [-0.3, -0.25) is 4.90 Å². The fraction of sp³-hybridized carbons (Fsp3) is 0.500. The van der Waals surface area contributed by atoms with E-state index in [0.29, 0.717) is 5.82 Å². The molecule has 0 aliphatic rings. The van der Waals surface area contributed by atoms with Crippen LogP contribution in [0.15, 0.2) is 28.8 Å². The van der Waals surface area contributed by atoms with Crippen LogP contribution in [0.3, 0.4) is 0 Å². The third-order valence-corrected chi connectivity index (χ3v) is 3.46. The smallest absolute Gasteiger partial charge is 0.383 e. The van der Waals surface area contributed by atoms with Crippen molar-refractivity contribution in [2.45, 2.75) is 26.1 Å². The fourth-order valence-corrected chi connectivity index (χ4v) is 2.21. The van der Waals surface area contributed by atoms with Gasteiger partial charge in [0.15, 0.2) is 0 Å². The molecule has 2 aromatic rings. The number of hydrogen-bond acceptors (Lipinski definition) is 5. The number of nitrogens with zero attached hydrogens (tertiary/aromatic N) is 3. The molecule has 2 rings (SSSR count). The molecule has 0 aliphatic carbocycles. The van der Waals surface area contributed by atoms with Crippen LogP contribution in [0.1, 0.15) is 18.4 Å². The molecule has 5 nitrogen and oxygen atoms in total. The van der Waals surface area contributed by atoms with Crippen LogP contribution in [-0.2, 0) is 17.7 Å². The molecule has 1 heterocycles. The molecule has 1 aromatic carbocycles. The summed E-state index contributed by atoms with van der Waals surface area (Å²) in [6.45, 7) is 1.23. The first-order valence-electron chi connectivity index (χ1n) is 7.61. The summed E-state index contributed by atoms with van der Waals surface area (Å²) < 4.78 is 47.8. The van der Waals surface area contributed by atoms with Crippen molar-refractivity contribution >= 4 is 0 Å². The maximum absolute atomic E-state index is 12.6. The Morgan fingerprint density at radius 3 is 2.50 bits per heavy atom. The average Bonchev–Trinajstić information content (AvgIpc) is 3.00. The van der Waals surface area contributed by atoms with Gasteiger partial charge >= 0.3 is 6.18 Å². The molecule has 0 unspecified atom stereocenters. The van der Waals surface area contributed by atoms with Gasteiger partial charge in [0.2, 0.25) is 11.7 Å². The summed E-state index contributed by atoms with van der Waals surface area (Å²) in [5, 5.41) is 3.85. The van der Waals surface area contributed by atoms with Crippen molar-refractivity contribution in [2.24, 2.45) is 0 Å². The van der Waals surface area contributed by atoms with Crippen LogP contribution in [0, 0.1) is 0 Å². The van der Waals surface area contributed by atoms with Crippen LogP contribution in [0.25, 0.3) is 11.4 Å². The summed E-state index contributed by atoms with van der Waals surface area (Å²) in [5.41, 5.74) is 1.94. The summed E-state index contributed by atoms with van der Waals surface area (Å²) in [6, 6.07) is 7.65. The van der Waals surface area contributed by atoms with Crippen molar-refractivity contribution in [1.82, 2.24) is 15.0 Å². The second-order valence-corrected chi connectivity index (χ2v) is 5.38. The highest BCUT2D eigenvalue weighted by Crippen LogP contribution is 2.20. The second kappa shape index (κ2) is 8.25. The van der Waals surface area contributed by atoms with E-state index in [4.69, 9.17) is 9.26 Å². The predicted molar refractivity (Wildman–Crippen MR) is 82.3 cm³/mol. The molecular formula is C16H20F3N3O2. The molecule has 0 N–H and O–H groups in total. The minimum absolute atomic E-state index is 0.0804. The lowest BCUT2D eigenvalue weighted by atomic mass is 10.1. The zero-order valence-corrected chi connectivity index (χ0v) is 13.6. The van der Waals surface area contributed by atoms with Gasteiger partial charge in [-0.15, -0.1) is 0 Å². The quantitative estimate of drug-likeness (QED) is 0.736. The zero-order chi connectivity index (χ0) is 17.6. The van der Waals surface area contributed by atoms with E-state index >= 15 is 0 Å². The molecule has 0 aliphatic heterocycles. The van der Waals surface area contributed by atoms with Gasteiger partial charge in [0.25, 0.3) is 0 Å². The minimum atomic E-state index is -4.30. The number of halogens is 3. The molecule has 132 valence electrons. The lowest BCUT2D eigenvalue weighted by Crippen LogP contribution is -2.36. The van der Waals surface area contributed by atoms with Gasteiger partial charge in [-0.2, -0.15) is 18.2 Å². The lowest BCUT2D eigenvalue weighted by molar-refractivity contribution is -0.148. The molecule has 0 saturated carbocycles. The molecule has 0 saturated heterocycles. The van der Waals surface area contributed by atoms with Crippen LogP contribution < -0.4 is 0 Å². The van der Waals surface area contributed by atoms with E-state index in [2.05, 4.69) is 17.1 Å². The summed E-state index contributed by atoms with van der Waals surface area (Å²) >= 11 is 0. The van der Waals surface area contributed by atoms with Crippen LogP contribution in [0.5, 0.6) is 0 Å². The van der Waals surface area contributed by atoms with Gasteiger partial charge in [0.1, 0.15) is 0 Å². The largest absolute Gasteiger partial charge is 0.401 e. The number of benzene rings is 1. The van der Waals surface area contributed by atoms with E-state index in [1.54, 1.807) is 0 Å². The van der Waals surface area contributed by atoms with Crippen molar-refractivity contribution in [3.8, 4) is 11.4 Å². The second-order valence-electron chi connectivity index (χ2n) is 5.38. The van der Waals surface area contributed by atoms with Crippen LogP contribution in [0.4, 0.5) is 13.2 Å². The number of ether oxygens (including phenoxy) is 1. The van der Waals surface area contributed by atoms with E-state index in [1.807, 2.05) is 24.3 Å². The average molecular weight is 343 g/mol. The highest BCUT2D eigenvalue weighted by atomic mass is 19.4. The summed E-state index contributed by atoms with van der Waals surface area (Å²) in [6.07, 6.45) is -3.38. The first kappa shape index (κ1) is 18.4. The Hall–Kier alpha value is -1.93. The Morgan fingerprint density at radius 2 is 1.92 bits per heavy atom. The Labute approximate surface area is 138 Å². The van der Waals surface area contributed by atoms with Crippen molar-refractivity contribution < 1.29 is 22.4 Å². The summed E-state index contributed by atoms with van der Waals surface area (Å²) in [4.78, 5) is 5.35. The molecule has 0 radical (unpaired) electrons. The van der Waals surface area contributed by atoms with Crippen LogP contribution in [-0.4, -0.2) is 48.0 Å². The number of alkyl halides is 3. The number of rotatable bonds is 8. The molecular weight excluding hydrogens is 323 g/mol. The third kappa shape index (κ3) is 5.61. The highest BCUT2D eigenvalue weighted by Gasteiger charge is 2.31. The standard InChI is InChI=1S/C16H20F3N3O2/c1-3-12-4-6-13(7-5-12)15-20-14(24-21-15)10-22(8-9-23-2)11-16(17,18)19/h4-7H,3,8-11H2,1-2H3. The zero-order valence-electron chi connectivity index (χ0n) is 13.6. The maximum Gasteiger partial charge on any atom is 0.401 e. The molecule has 0 spiro atoms. The Balaban J connectivity index is 2.06. The van der Waals surface area contributed by atoms with E-state index < -0.39 is 12.7 Å². The predicted octanol–water partition coefficient (Wildman–Crippen LogP) is 3.31. The molecule has 0 fully saturated rings. The number of hydrogen-bond donors (Lipinski definition) is 0. The van der Waals surface area contributed by atoms with Crippen molar-refractivity contribution in [1.29, 1.82) is 0 Å². The Kier molecular flexibility index (Phi) is 6.33. The number of aromatic nitrogens is 2. The Bertz CT molecular complexity index is 626. The maximum atomic E-state index is 12.6. The molecule has 0 amide bonds. The van der Waals surface area contributed by atoms with Crippen molar-refractivity contribution in [2.75, 3.05) is 26.8 Å². The van der Waals surface area contributed by atoms with E-state index in [1.165, 1.54) is 17.6 Å². The van der Waals surface area contributed by atoms with Crippen molar-refractivity contribution in [3.05, 3.63) is 35.7 Å². The van der Waals surface area contributed by atoms with E-state index in [9.17, 15) is 13.2 Å². The topological polar surface area (TPSA) is 51.4 Å². The molecule has 1 aromatic heterocycles. The summed E-state index contributed by atoms with van der Waals surface area (Å²) in [5.74, 6) is 0.510. The highest BCUT2D eigenvalue weighted by molar-refractivity contribution is 5.54.